The summed E-state index contributed by atoms with van der Waals surface area (Å²) in [5.41, 5.74) is 3.88. The topological polar surface area (TPSA) is 78.3 Å². The van der Waals surface area contributed by atoms with E-state index in [0.29, 0.717) is 52.7 Å². The number of aromatic nitrogens is 3. The van der Waals surface area contributed by atoms with E-state index in [1.54, 1.807) is 36.4 Å². The van der Waals surface area contributed by atoms with Gasteiger partial charge in [0.1, 0.15) is 30.1 Å². The smallest absolute Gasteiger partial charge is 0.255 e. The lowest BCUT2D eigenvalue weighted by molar-refractivity contribution is 0.102. The zero-order valence-electron chi connectivity index (χ0n) is 16.1. The molecule has 1 aliphatic rings. The van der Waals surface area contributed by atoms with Gasteiger partial charge >= 0.3 is 0 Å². The van der Waals surface area contributed by atoms with E-state index in [1.807, 2.05) is 13.0 Å². The average Bonchev–Trinajstić information content (AvgIpc) is 3.16. The highest BCUT2D eigenvalue weighted by atomic mass is 19.1. The molecule has 1 amide bonds. The highest BCUT2D eigenvalue weighted by molar-refractivity contribution is 6.05. The van der Waals surface area contributed by atoms with Crippen molar-refractivity contribution < 1.29 is 18.7 Å². The van der Waals surface area contributed by atoms with Gasteiger partial charge in [0.05, 0.1) is 5.69 Å². The Morgan fingerprint density at radius 2 is 1.67 bits per heavy atom. The van der Waals surface area contributed by atoms with Crippen LogP contribution in [0.15, 0.2) is 54.6 Å². The number of fused-ring (bicyclic) bond motifs is 2. The molecular formula is C22H17FN4O3. The number of nitrogens with zero attached hydrogens (tertiary/aromatic N) is 3. The summed E-state index contributed by atoms with van der Waals surface area (Å²) in [7, 11) is 0. The predicted molar refractivity (Wildman–Crippen MR) is 109 cm³/mol. The molecule has 1 aromatic heterocycles. The zero-order valence-corrected chi connectivity index (χ0v) is 16.1. The first-order valence-corrected chi connectivity index (χ1v) is 9.41. The Morgan fingerprint density at radius 3 is 2.43 bits per heavy atom. The number of carbonyl (C=O) groups excluding carboxylic acids is 1. The number of nitrogens with one attached hydrogen (secondary N) is 1. The van der Waals surface area contributed by atoms with Crippen LogP contribution < -0.4 is 14.8 Å². The summed E-state index contributed by atoms with van der Waals surface area (Å²) in [4.78, 5) is 14.2. The number of anilines is 1. The lowest BCUT2D eigenvalue weighted by Gasteiger charge is -2.18. The van der Waals surface area contributed by atoms with Crippen LogP contribution in [0, 0.1) is 12.7 Å². The number of aryl methyl sites for hydroxylation is 1. The fraction of sp³-hybridized carbons (Fsp3) is 0.136. The third kappa shape index (κ3) is 3.32. The molecule has 7 nitrogen and oxygen atoms in total. The molecule has 0 radical (unpaired) electrons. The quantitative estimate of drug-likeness (QED) is 0.561. The van der Waals surface area contributed by atoms with Crippen LogP contribution in [0.4, 0.5) is 10.1 Å². The lowest BCUT2D eigenvalue weighted by atomic mass is 10.1. The molecule has 0 fully saturated rings. The Labute approximate surface area is 171 Å². The summed E-state index contributed by atoms with van der Waals surface area (Å²) >= 11 is 0. The van der Waals surface area contributed by atoms with Gasteiger partial charge in [-0.2, -0.15) is 4.80 Å². The van der Waals surface area contributed by atoms with E-state index in [0.717, 1.165) is 5.56 Å². The second-order valence-electron chi connectivity index (χ2n) is 6.93. The summed E-state index contributed by atoms with van der Waals surface area (Å²) in [6.07, 6.45) is 0. The lowest BCUT2D eigenvalue weighted by Crippen LogP contribution is -2.17. The molecule has 1 N–H and O–H groups in total. The Kier molecular flexibility index (Phi) is 4.31. The van der Waals surface area contributed by atoms with Crippen molar-refractivity contribution in [3.8, 4) is 17.2 Å². The molecule has 8 heteroatoms. The number of carbonyl (C=O) groups is 1. The molecule has 0 atom stereocenters. The number of rotatable bonds is 3. The van der Waals surface area contributed by atoms with Crippen LogP contribution in [0.3, 0.4) is 0 Å². The van der Waals surface area contributed by atoms with Gasteiger partial charge < -0.3 is 14.8 Å². The van der Waals surface area contributed by atoms with Gasteiger partial charge in [-0.05, 0) is 67.1 Å². The van der Waals surface area contributed by atoms with Crippen LogP contribution in [0.1, 0.15) is 15.9 Å². The van der Waals surface area contributed by atoms with Crippen LogP contribution in [-0.4, -0.2) is 34.1 Å². The van der Waals surface area contributed by atoms with Crippen molar-refractivity contribution in [3.05, 3.63) is 71.5 Å². The molecular weight excluding hydrogens is 387 g/mol. The maximum Gasteiger partial charge on any atom is 0.255 e. The molecule has 0 bridgehead atoms. The monoisotopic (exact) mass is 404 g/mol. The van der Waals surface area contributed by atoms with Gasteiger partial charge in [0.25, 0.3) is 5.91 Å². The second-order valence-corrected chi connectivity index (χ2v) is 6.93. The van der Waals surface area contributed by atoms with Crippen molar-refractivity contribution in [2.45, 2.75) is 6.92 Å². The number of amides is 1. The minimum Gasteiger partial charge on any atom is -0.486 e. The van der Waals surface area contributed by atoms with Gasteiger partial charge in [0, 0.05) is 11.3 Å². The van der Waals surface area contributed by atoms with E-state index < -0.39 is 0 Å². The van der Waals surface area contributed by atoms with E-state index in [2.05, 4.69) is 15.5 Å². The minimum atomic E-state index is -0.324. The molecule has 0 unspecified atom stereocenters. The van der Waals surface area contributed by atoms with E-state index in [-0.39, 0.29) is 11.7 Å². The van der Waals surface area contributed by atoms with Crippen LogP contribution >= 0.6 is 0 Å². The number of halogens is 1. The minimum absolute atomic E-state index is 0.264. The van der Waals surface area contributed by atoms with Crippen molar-refractivity contribution in [2.24, 2.45) is 0 Å². The number of hydrogen-bond donors (Lipinski definition) is 1. The summed E-state index contributed by atoms with van der Waals surface area (Å²) in [5, 5.41) is 11.8. The summed E-state index contributed by atoms with van der Waals surface area (Å²) < 4.78 is 24.2. The molecule has 0 spiro atoms. The molecule has 5 rings (SSSR count). The van der Waals surface area contributed by atoms with E-state index >= 15 is 0 Å². The fourth-order valence-corrected chi connectivity index (χ4v) is 3.27. The summed E-state index contributed by atoms with van der Waals surface area (Å²) in [5.74, 6) is 0.604. The van der Waals surface area contributed by atoms with Crippen LogP contribution in [0.2, 0.25) is 0 Å². The van der Waals surface area contributed by atoms with E-state index in [1.165, 1.54) is 16.9 Å². The second kappa shape index (κ2) is 7.14. The van der Waals surface area contributed by atoms with Gasteiger partial charge in [-0.25, -0.2) is 4.39 Å². The molecule has 0 saturated carbocycles. The van der Waals surface area contributed by atoms with Crippen molar-refractivity contribution in [1.29, 1.82) is 0 Å². The summed E-state index contributed by atoms with van der Waals surface area (Å²) in [6, 6.07) is 14.6. The average molecular weight is 404 g/mol. The Morgan fingerprint density at radius 1 is 0.967 bits per heavy atom. The van der Waals surface area contributed by atoms with Gasteiger partial charge in [-0.1, -0.05) is 0 Å². The first-order chi connectivity index (χ1) is 14.6. The van der Waals surface area contributed by atoms with E-state index in [9.17, 15) is 9.18 Å². The molecule has 4 aromatic rings. The Balaban J connectivity index is 1.43. The Hall–Kier alpha value is -3.94. The number of hydrogen-bond acceptors (Lipinski definition) is 5. The number of ether oxygens (including phenoxy) is 2. The van der Waals surface area contributed by atoms with Gasteiger partial charge in [0.15, 0.2) is 11.5 Å². The Bertz CT molecular complexity index is 1270. The SMILES string of the molecule is Cc1cc2nn(-c3ccc(F)cc3)nc2cc1NC(=O)c1ccc2c(c1)OCCO2. The van der Waals surface area contributed by atoms with Crippen LogP contribution in [0.25, 0.3) is 16.7 Å². The normalized spacial score (nSPS) is 12.7. The molecule has 1 aliphatic heterocycles. The molecule has 0 aliphatic carbocycles. The standard InChI is InChI=1S/C22H17FN4O3/c1-13-10-18-19(26-27(25-18)16-5-3-15(23)4-6-16)12-17(13)24-22(28)14-2-7-20-21(11-14)30-9-8-29-20/h2-7,10-12H,8-9H2,1H3,(H,24,28). The number of benzene rings is 3. The fourth-order valence-electron chi connectivity index (χ4n) is 3.27. The van der Waals surface area contributed by atoms with Crippen molar-refractivity contribution in [3.63, 3.8) is 0 Å². The first-order valence-electron chi connectivity index (χ1n) is 9.41. The molecule has 2 heterocycles. The zero-order chi connectivity index (χ0) is 20.7. The highest BCUT2D eigenvalue weighted by Crippen LogP contribution is 2.31. The molecule has 3 aromatic carbocycles. The third-order valence-electron chi connectivity index (χ3n) is 4.84. The molecule has 0 saturated heterocycles. The highest BCUT2D eigenvalue weighted by Gasteiger charge is 2.16. The maximum absolute atomic E-state index is 13.2. The van der Waals surface area contributed by atoms with Crippen LogP contribution in [0.5, 0.6) is 11.5 Å². The molecule has 150 valence electrons. The third-order valence-corrected chi connectivity index (χ3v) is 4.84. The van der Waals surface area contributed by atoms with Crippen molar-refractivity contribution >= 4 is 22.6 Å². The van der Waals surface area contributed by atoms with Crippen LogP contribution in [-0.2, 0) is 0 Å². The van der Waals surface area contributed by atoms with Gasteiger partial charge in [-0.3, -0.25) is 4.79 Å². The van der Waals surface area contributed by atoms with Crippen molar-refractivity contribution in [1.82, 2.24) is 15.0 Å². The van der Waals surface area contributed by atoms with Gasteiger partial charge in [0.2, 0.25) is 0 Å². The summed E-state index contributed by atoms with van der Waals surface area (Å²) in [6.45, 7) is 2.84. The van der Waals surface area contributed by atoms with Gasteiger partial charge in [-0.15, -0.1) is 10.2 Å². The molecule has 30 heavy (non-hydrogen) atoms. The maximum atomic E-state index is 13.2. The predicted octanol–water partition coefficient (Wildman–Crippen LogP) is 3.89. The van der Waals surface area contributed by atoms with E-state index in [4.69, 9.17) is 9.47 Å². The van der Waals surface area contributed by atoms with Crippen molar-refractivity contribution in [2.75, 3.05) is 18.5 Å². The largest absolute Gasteiger partial charge is 0.486 e. The first kappa shape index (κ1) is 18.1.